The van der Waals surface area contributed by atoms with Gasteiger partial charge in [-0.3, -0.25) is 4.79 Å². The minimum Gasteiger partial charge on any atom is -0.490 e. The largest absolute Gasteiger partial charge is 0.490 e. The Hall–Kier alpha value is -3.61. The first-order valence-electron chi connectivity index (χ1n) is 10.0. The van der Waals surface area contributed by atoms with Crippen LogP contribution in [0.2, 0.25) is 0 Å². The summed E-state index contributed by atoms with van der Waals surface area (Å²) in [6.07, 6.45) is 0.967. The van der Waals surface area contributed by atoms with E-state index in [-0.39, 0.29) is 17.5 Å². The van der Waals surface area contributed by atoms with Crippen LogP contribution in [-0.2, 0) is 14.3 Å². The molecule has 1 heterocycles. The highest BCUT2D eigenvalue weighted by molar-refractivity contribution is 6.12. The quantitative estimate of drug-likeness (QED) is 0.503. The molecule has 0 saturated carbocycles. The van der Waals surface area contributed by atoms with Gasteiger partial charge < -0.3 is 19.1 Å². The van der Waals surface area contributed by atoms with Gasteiger partial charge in [-0.2, -0.15) is 0 Å². The highest BCUT2D eigenvalue weighted by Gasteiger charge is 2.24. The van der Waals surface area contributed by atoms with Crippen molar-refractivity contribution in [3.8, 4) is 11.5 Å². The lowest BCUT2D eigenvalue weighted by atomic mass is 10.1. The maximum Gasteiger partial charge on any atom is 0.363 e. The number of ether oxygens (including phenoxy) is 3. The minimum atomic E-state index is -0.662. The summed E-state index contributed by atoms with van der Waals surface area (Å²) in [6.45, 7) is 5.95. The Kier molecular flexibility index (Phi) is 6.74. The molecule has 0 bridgehead atoms. The number of carbonyl (C=O) groups excluding carboxylic acids is 2. The van der Waals surface area contributed by atoms with Crippen LogP contribution in [0, 0.1) is 6.92 Å². The van der Waals surface area contributed by atoms with Gasteiger partial charge in [-0.25, -0.2) is 9.79 Å². The molecule has 0 radical (unpaired) electrons. The Bertz CT molecular complexity index is 1040. The maximum absolute atomic E-state index is 12.3. The zero-order chi connectivity index (χ0) is 22.5. The van der Waals surface area contributed by atoms with Gasteiger partial charge in [0.15, 0.2) is 23.3 Å². The molecule has 1 amide bonds. The average Bonchev–Trinajstić information content (AvgIpc) is 3.10. The number of amides is 1. The third-order valence-electron chi connectivity index (χ3n) is 4.58. The summed E-state index contributed by atoms with van der Waals surface area (Å²) in [5.41, 5.74) is 2.74. The number of hydrogen-bond acceptors (Lipinski definition) is 6. The van der Waals surface area contributed by atoms with Gasteiger partial charge in [0.25, 0.3) is 5.91 Å². The van der Waals surface area contributed by atoms with E-state index in [2.05, 4.69) is 4.99 Å². The molecule has 162 valence electrons. The lowest BCUT2D eigenvalue weighted by Gasteiger charge is -2.20. The summed E-state index contributed by atoms with van der Waals surface area (Å²) >= 11 is 0. The minimum absolute atomic E-state index is 0.152. The van der Waals surface area contributed by atoms with Crippen molar-refractivity contribution in [2.75, 3.05) is 20.7 Å². The van der Waals surface area contributed by atoms with Crippen molar-refractivity contribution in [2.24, 2.45) is 4.99 Å². The summed E-state index contributed by atoms with van der Waals surface area (Å²) in [5.74, 6) is 0.533. The lowest BCUT2D eigenvalue weighted by molar-refractivity contribution is -0.135. The number of nitrogens with zero attached hydrogens (tertiary/aromatic N) is 2. The van der Waals surface area contributed by atoms with Gasteiger partial charge in [-0.15, -0.1) is 0 Å². The molecule has 0 aromatic heterocycles. The predicted octanol–water partition coefficient (Wildman–Crippen LogP) is 3.59. The van der Waals surface area contributed by atoms with Gasteiger partial charge in [-0.05, 0) is 56.7 Å². The molecular formula is C24H26N2O5. The molecule has 0 spiro atoms. The molecular weight excluding hydrogens is 396 g/mol. The topological polar surface area (TPSA) is 77.4 Å². The van der Waals surface area contributed by atoms with Crippen molar-refractivity contribution >= 4 is 23.9 Å². The third-order valence-corrected chi connectivity index (χ3v) is 4.58. The fourth-order valence-corrected chi connectivity index (χ4v) is 2.97. The molecule has 3 rings (SSSR count). The first kappa shape index (κ1) is 22.1. The Morgan fingerprint density at radius 1 is 1.16 bits per heavy atom. The number of likely N-dealkylation sites (N-methyl/N-ethyl adjacent to an activating group) is 1. The lowest BCUT2D eigenvalue weighted by Crippen LogP contribution is -2.35. The van der Waals surface area contributed by atoms with Crippen LogP contribution >= 0.6 is 0 Å². The third kappa shape index (κ3) is 5.31. The van der Waals surface area contributed by atoms with Crippen molar-refractivity contribution in [1.82, 2.24) is 4.90 Å². The van der Waals surface area contributed by atoms with Crippen LogP contribution in [0.1, 0.15) is 30.5 Å². The van der Waals surface area contributed by atoms with E-state index in [9.17, 15) is 9.59 Å². The number of aryl methyl sites for hydroxylation is 1. The van der Waals surface area contributed by atoms with Crippen molar-refractivity contribution < 1.29 is 23.8 Å². The molecule has 1 aliphatic rings. The fraction of sp³-hybridized carbons (Fsp3) is 0.292. The van der Waals surface area contributed by atoms with Crippen molar-refractivity contribution in [3.05, 3.63) is 64.9 Å². The zero-order valence-corrected chi connectivity index (χ0v) is 18.3. The number of hydrogen-bond donors (Lipinski definition) is 0. The van der Waals surface area contributed by atoms with Crippen LogP contribution < -0.4 is 9.47 Å². The first-order chi connectivity index (χ1) is 14.8. The van der Waals surface area contributed by atoms with Crippen LogP contribution in [0.5, 0.6) is 11.5 Å². The van der Waals surface area contributed by atoms with E-state index in [4.69, 9.17) is 14.2 Å². The summed E-state index contributed by atoms with van der Waals surface area (Å²) in [4.78, 5) is 30.2. The molecule has 0 N–H and O–H groups in total. The van der Waals surface area contributed by atoms with Gasteiger partial charge in [0.2, 0.25) is 5.90 Å². The highest BCUT2D eigenvalue weighted by Crippen LogP contribution is 2.31. The number of cyclic esters (lactones) is 1. The molecule has 1 aliphatic heterocycles. The summed E-state index contributed by atoms with van der Waals surface area (Å²) < 4.78 is 16.8. The number of aliphatic imine (C=N–C) groups is 1. The molecule has 7 nitrogen and oxygen atoms in total. The summed E-state index contributed by atoms with van der Waals surface area (Å²) in [7, 11) is 3.35. The molecule has 1 atom stereocenters. The molecule has 7 heteroatoms. The van der Waals surface area contributed by atoms with Crippen LogP contribution in [-0.4, -0.2) is 49.5 Å². The smallest absolute Gasteiger partial charge is 0.363 e. The van der Waals surface area contributed by atoms with Gasteiger partial charge in [0.05, 0.1) is 6.61 Å². The Morgan fingerprint density at radius 3 is 2.52 bits per heavy atom. The highest BCUT2D eigenvalue weighted by atomic mass is 16.6. The van der Waals surface area contributed by atoms with E-state index in [1.54, 1.807) is 45.3 Å². The van der Waals surface area contributed by atoms with Crippen LogP contribution in [0.4, 0.5) is 0 Å². The summed E-state index contributed by atoms with van der Waals surface area (Å²) in [6, 6.07) is 12.8. The molecule has 0 fully saturated rings. The maximum atomic E-state index is 12.3. The van der Waals surface area contributed by atoms with E-state index >= 15 is 0 Å². The number of carbonyl (C=O) groups is 2. The van der Waals surface area contributed by atoms with E-state index in [1.165, 1.54) is 4.90 Å². The van der Waals surface area contributed by atoms with Crippen LogP contribution in [0.15, 0.2) is 53.2 Å². The second-order valence-corrected chi connectivity index (χ2v) is 7.33. The standard InChI is InChI=1S/C24H26N2O5/c1-6-29-21-14-17(9-12-20(21)30-16(3)23(27)26(4)5)13-19-24(28)31-22(25-19)18-10-7-15(2)8-11-18/h7-14,16H,6H2,1-5H3/b19-13-. The predicted molar refractivity (Wildman–Crippen MR) is 118 cm³/mol. The Morgan fingerprint density at radius 2 is 1.87 bits per heavy atom. The van der Waals surface area contributed by atoms with E-state index in [0.717, 1.165) is 11.1 Å². The fourth-order valence-electron chi connectivity index (χ4n) is 2.97. The second kappa shape index (κ2) is 9.47. The van der Waals surface area contributed by atoms with E-state index in [1.807, 2.05) is 38.1 Å². The van der Waals surface area contributed by atoms with Crippen molar-refractivity contribution in [3.63, 3.8) is 0 Å². The Labute approximate surface area is 181 Å². The monoisotopic (exact) mass is 422 g/mol. The van der Waals surface area contributed by atoms with Gasteiger partial charge >= 0.3 is 5.97 Å². The molecule has 0 aliphatic carbocycles. The normalized spacial score (nSPS) is 15.3. The second-order valence-electron chi connectivity index (χ2n) is 7.33. The molecule has 0 saturated heterocycles. The molecule has 2 aromatic rings. The van der Waals surface area contributed by atoms with Gasteiger partial charge in [0.1, 0.15) is 0 Å². The Balaban J connectivity index is 1.86. The number of esters is 1. The molecule has 1 unspecified atom stereocenters. The summed E-state index contributed by atoms with van der Waals surface area (Å²) in [5, 5.41) is 0. The SMILES string of the molecule is CCOc1cc(/C=C2\N=C(c3ccc(C)cc3)OC2=O)ccc1OC(C)C(=O)N(C)C. The van der Waals surface area contributed by atoms with Crippen LogP contribution in [0.3, 0.4) is 0 Å². The average molecular weight is 422 g/mol. The number of rotatable bonds is 7. The number of benzene rings is 2. The molecule has 31 heavy (non-hydrogen) atoms. The van der Waals surface area contributed by atoms with Gasteiger partial charge in [-0.1, -0.05) is 23.8 Å². The molecule has 2 aromatic carbocycles. The van der Waals surface area contributed by atoms with E-state index < -0.39 is 12.1 Å². The van der Waals surface area contributed by atoms with Crippen molar-refractivity contribution in [2.45, 2.75) is 26.9 Å². The van der Waals surface area contributed by atoms with E-state index in [0.29, 0.717) is 23.7 Å². The zero-order valence-electron chi connectivity index (χ0n) is 18.3. The first-order valence-corrected chi connectivity index (χ1v) is 10.0. The van der Waals surface area contributed by atoms with Crippen molar-refractivity contribution in [1.29, 1.82) is 0 Å². The van der Waals surface area contributed by atoms with Crippen LogP contribution in [0.25, 0.3) is 6.08 Å². The van der Waals surface area contributed by atoms with Gasteiger partial charge in [0, 0.05) is 19.7 Å².